The summed E-state index contributed by atoms with van der Waals surface area (Å²) in [5.74, 6) is -0.725. The van der Waals surface area contributed by atoms with Crippen molar-refractivity contribution < 1.29 is 23.5 Å². The van der Waals surface area contributed by atoms with Crippen molar-refractivity contribution in [2.24, 2.45) is 0 Å². The molecule has 4 heterocycles. The summed E-state index contributed by atoms with van der Waals surface area (Å²) in [6, 6.07) is 1.70. The van der Waals surface area contributed by atoms with Gasteiger partial charge >= 0.3 is 11.9 Å². The Hall–Kier alpha value is -4.02. The fourth-order valence-corrected chi connectivity index (χ4v) is 3.14. The molecule has 0 aliphatic rings. The molecule has 0 saturated carbocycles. The fraction of sp³-hybridized carbons (Fsp3) is 0.263. The predicted octanol–water partition coefficient (Wildman–Crippen LogP) is 2.00. The summed E-state index contributed by atoms with van der Waals surface area (Å²) in [5, 5.41) is 4.50. The van der Waals surface area contributed by atoms with E-state index < -0.39 is 11.9 Å². The zero-order chi connectivity index (χ0) is 21.4. The Morgan fingerprint density at radius 3 is 2.70 bits per heavy atom. The summed E-state index contributed by atoms with van der Waals surface area (Å²) < 4.78 is 17.4. The molecule has 30 heavy (non-hydrogen) atoms. The average molecular weight is 410 g/mol. The van der Waals surface area contributed by atoms with Crippen LogP contribution in [0.5, 0.6) is 0 Å². The molecule has 0 aliphatic heterocycles. The van der Waals surface area contributed by atoms with E-state index in [-0.39, 0.29) is 47.1 Å². The molecule has 2 N–H and O–H groups in total. The molecule has 0 amide bonds. The highest BCUT2D eigenvalue weighted by Gasteiger charge is 2.25. The molecule has 11 heteroatoms. The second-order valence-electron chi connectivity index (χ2n) is 6.38. The van der Waals surface area contributed by atoms with Crippen molar-refractivity contribution in [2.75, 3.05) is 12.3 Å². The Morgan fingerprint density at radius 1 is 1.17 bits per heavy atom. The van der Waals surface area contributed by atoms with Crippen LogP contribution in [0.15, 0.2) is 22.9 Å². The van der Waals surface area contributed by atoms with Crippen LogP contribution in [0.4, 0.5) is 5.82 Å². The molecule has 4 rings (SSSR count). The zero-order valence-electron chi connectivity index (χ0n) is 16.5. The zero-order valence-corrected chi connectivity index (χ0v) is 16.5. The Kier molecular flexibility index (Phi) is 4.78. The van der Waals surface area contributed by atoms with Crippen molar-refractivity contribution in [1.82, 2.24) is 24.6 Å². The van der Waals surface area contributed by atoms with Gasteiger partial charge in [-0.25, -0.2) is 24.1 Å². The number of hydrogen-bond donors (Lipinski definition) is 1. The normalized spacial score (nSPS) is 11.2. The number of furan rings is 1. The second-order valence-corrected chi connectivity index (χ2v) is 6.38. The minimum absolute atomic E-state index is 0.0276. The largest absolute Gasteiger partial charge is 0.462 e. The van der Waals surface area contributed by atoms with E-state index >= 15 is 0 Å². The molecule has 0 unspecified atom stereocenters. The van der Waals surface area contributed by atoms with Crippen LogP contribution in [0.3, 0.4) is 0 Å². The van der Waals surface area contributed by atoms with Gasteiger partial charge in [-0.2, -0.15) is 10.1 Å². The fourth-order valence-electron chi connectivity index (χ4n) is 3.14. The van der Waals surface area contributed by atoms with Crippen molar-refractivity contribution in [3.63, 3.8) is 0 Å². The average Bonchev–Trinajstić information content (AvgIpc) is 3.22. The van der Waals surface area contributed by atoms with Gasteiger partial charge in [0.15, 0.2) is 18.1 Å². The molecule has 0 saturated heterocycles. The van der Waals surface area contributed by atoms with Crippen LogP contribution < -0.4 is 5.73 Å². The number of nitrogens with zero attached hydrogens (tertiary/aromatic N) is 5. The number of fused-ring (bicyclic) bond motifs is 2. The first kappa shape index (κ1) is 19.3. The van der Waals surface area contributed by atoms with E-state index in [0.717, 1.165) is 0 Å². The SMILES string of the molecule is CCOC(=O)c1c(C)oc2nc(COC(=O)c3c(C)nn4cccnc34)nc(N)c12. The van der Waals surface area contributed by atoms with E-state index in [2.05, 4.69) is 20.1 Å². The number of carbonyl (C=O) groups excluding carboxylic acids is 2. The molecule has 0 aromatic carbocycles. The lowest BCUT2D eigenvalue weighted by atomic mass is 10.2. The van der Waals surface area contributed by atoms with Gasteiger partial charge in [0, 0.05) is 12.4 Å². The highest BCUT2D eigenvalue weighted by Crippen LogP contribution is 2.29. The van der Waals surface area contributed by atoms with Gasteiger partial charge in [-0.15, -0.1) is 0 Å². The standard InChI is InChI=1S/C19H18N6O5/c1-4-28-19(27)13-10(3)30-17-14(13)15(20)22-11(23-17)8-29-18(26)12-9(2)24-25-7-5-6-21-16(12)25/h5-7H,4,8H2,1-3H3,(H2,20,22,23). The molecule has 0 radical (unpaired) electrons. The van der Waals surface area contributed by atoms with Gasteiger partial charge in [0.25, 0.3) is 0 Å². The number of rotatable bonds is 5. The van der Waals surface area contributed by atoms with E-state index in [1.165, 1.54) is 4.52 Å². The van der Waals surface area contributed by atoms with Gasteiger partial charge in [0.1, 0.15) is 22.7 Å². The summed E-state index contributed by atoms with van der Waals surface area (Å²) in [6.07, 6.45) is 3.25. The first-order valence-electron chi connectivity index (χ1n) is 9.10. The molecular weight excluding hydrogens is 392 g/mol. The van der Waals surface area contributed by atoms with E-state index in [1.54, 1.807) is 39.2 Å². The highest BCUT2D eigenvalue weighted by atomic mass is 16.5. The summed E-state index contributed by atoms with van der Waals surface area (Å²) in [6.45, 7) is 4.94. The maximum atomic E-state index is 12.6. The number of anilines is 1. The number of carbonyl (C=O) groups is 2. The van der Waals surface area contributed by atoms with E-state index in [9.17, 15) is 9.59 Å². The molecule has 0 bridgehead atoms. The predicted molar refractivity (Wildman–Crippen MR) is 104 cm³/mol. The third-order valence-corrected chi connectivity index (χ3v) is 4.39. The molecule has 0 atom stereocenters. The summed E-state index contributed by atoms with van der Waals surface area (Å²) in [4.78, 5) is 37.3. The van der Waals surface area contributed by atoms with Crippen molar-refractivity contribution in [3.8, 4) is 0 Å². The quantitative estimate of drug-likeness (QED) is 0.484. The van der Waals surface area contributed by atoms with Crippen LogP contribution in [-0.2, 0) is 16.1 Å². The Balaban J connectivity index is 1.61. The number of esters is 2. The van der Waals surface area contributed by atoms with Gasteiger partial charge in [-0.3, -0.25) is 0 Å². The number of hydrogen-bond acceptors (Lipinski definition) is 10. The lowest BCUT2D eigenvalue weighted by Crippen LogP contribution is -2.10. The summed E-state index contributed by atoms with van der Waals surface area (Å²) in [7, 11) is 0. The minimum Gasteiger partial charge on any atom is -0.462 e. The summed E-state index contributed by atoms with van der Waals surface area (Å²) >= 11 is 0. The van der Waals surface area contributed by atoms with Crippen LogP contribution in [0.1, 0.15) is 44.9 Å². The van der Waals surface area contributed by atoms with Crippen molar-refractivity contribution in [3.05, 3.63) is 46.9 Å². The second kappa shape index (κ2) is 7.43. The van der Waals surface area contributed by atoms with E-state index in [1.807, 2.05) is 0 Å². The van der Waals surface area contributed by atoms with Gasteiger partial charge in [-0.1, -0.05) is 0 Å². The Labute approximate surface area is 169 Å². The monoisotopic (exact) mass is 410 g/mol. The van der Waals surface area contributed by atoms with Crippen LogP contribution in [0.25, 0.3) is 16.7 Å². The molecule has 0 aliphatic carbocycles. The number of aryl methyl sites for hydroxylation is 2. The van der Waals surface area contributed by atoms with Gasteiger partial charge in [0.05, 0.1) is 17.7 Å². The lowest BCUT2D eigenvalue weighted by molar-refractivity contribution is 0.0462. The molecular formula is C19H18N6O5. The van der Waals surface area contributed by atoms with Gasteiger partial charge in [-0.05, 0) is 26.8 Å². The molecule has 4 aromatic heterocycles. The Bertz CT molecular complexity index is 1290. The topological polar surface area (TPSA) is 148 Å². The Morgan fingerprint density at radius 2 is 1.93 bits per heavy atom. The first-order chi connectivity index (χ1) is 14.4. The number of nitrogen functional groups attached to an aromatic ring is 1. The molecule has 4 aromatic rings. The maximum absolute atomic E-state index is 12.6. The maximum Gasteiger partial charge on any atom is 0.344 e. The van der Waals surface area contributed by atoms with Gasteiger partial charge in [0.2, 0.25) is 5.71 Å². The van der Waals surface area contributed by atoms with E-state index in [4.69, 9.17) is 19.6 Å². The smallest absolute Gasteiger partial charge is 0.344 e. The molecule has 0 spiro atoms. The van der Waals surface area contributed by atoms with Crippen molar-refractivity contribution in [2.45, 2.75) is 27.4 Å². The third-order valence-electron chi connectivity index (χ3n) is 4.39. The molecule has 11 nitrogen and oxygen atoms in total. The molecule has 0 fully saturated rings. The number of aromatic nitrogens is 5. The third kappa shape index (κ3) is 3.19. The summed E-state index contributed by atoms with van der Waals surface area (Å²) in [5.41, 5.74) is 7.44. The number of ether oxygens (including phenoxy) is 2. The van der Waals surface area contributed by atoms with Crippen molar-refractivity contribution >= 4 is 34.5 Å². The minimum atomic E-state index is -0.619. The van der Waals surface area contributed by atoms with E-state index in [0.29, 0.717) is 17.1 Å². The highest BCUT2D eigenvalue weighted by molar-refractivity contribution is 6.07. The lowest BCUT2D eigenvalue weighted by Gasteiger charge is -2.05. The number of nitrogens with two attached hydrogens (primary N) is 1. The van der Waals surface area contributed by atoms with Crippen LogP contribution in [-0.4, -0.2) is 43.1 Å². The molecule has 154 valence electrons. The first-order valence-corrected chi connectivity index (χ1v) is 9.10. The van der Waals surface area contributed by atoms with Crippen LogP contribution in [0.2, 0.25) is 0 Å². The van der Waals surface area contributed by atoms with Crippen LogP contribution >= 0.6 is 0 Å². The van der Waals surface area contributed by atoms with Crippen molar-refractivity contribution in [1.29, 1.82) is 0 Å². The van der Waals surface area contributed by atoms with Gasteiger partial charge < -0.3 is 19.6 Å². The van der Waals surface area contributed by atoms with Crippen LogP contribution in [0, 0.1) is 13.8 Å².